The highest BCUT2D eigenvalue weighted by molar-refractivity contribution is 7.87. The fraction of sp³-hybridized carbons (Fsp3) is 0.250. The van der Waals surface area contributed by atoms with Gasteiger partial charge in [-0.3, -0.25) is 4.21 Å². The van der Waals surface area contributed by atoms with E-state index in [9.17, 15) is 4.21 Å². The van der Waals surface area contributed by atoms with Crippen molar-refractivity contribution in [2.24, 2.45) is 0 Å². The molecule has 1 nitrogen and oxygen atoms in total. The van der Waals surface area contributed by atoms with Gasteiger partial charge in [0.15, 0.2) is 0 Å². The smallest absolute Gasteiger partial charge is 0.134 e. The lowest BCUT2D eigenvalue weighted by Gasteiger charge is -2.01. The third kappa shape index (κ3) is 1.10. The van der Waals surface area contributed by atoms with Gasteiger partial charge in [0.1, 0.15) is 4.71 Å². The normalized spacial score (nSPS) is 33.3. The quantitative estimate of drug-likeness (QED) is 0.615. The maximum absolute atomic E-state index is 11.5. The summed E-state index contributed by atoms with van der Waals surface area (Å²) in [6.07, 6.45) is 0. The molecule has 1 aromatic carbocycles. The molecule has 1 aromatic rings. The number of alkyl halides is 2. The minimum absolute atomic E-state index is 0.316. The number of benzene rings is 1. The van der Waals surface area contributed by atoms with Gasteiger partial charge in [0.2, 0.25) is 0 Å². The van der Waals surface area contributed by atoms with Crippen molar-refractivity contribution in [1.82, 2.24) is 0 Å². The lowest BCUT2D eigenvalue weighted by Crippen LogP contribution is -2.02. The summed E-state index contributed by atoms with van der Waals surface area (Å²) in [6, 6.07) is 7.39. The first-order valence-corrected chi connectivity index (χ1v) is 5.58. The zero-order valence-corrected chi connectivity index (χ0v) is 8.36. The second-order valence-corrected chi connectivity index (χ2v) is 5.33. The summed E-state index contributed by atoms with van der Waals surface area (Å²) < 4.78 is 11.0. The first kappa shape index (κ1) is 8.54. The van der Waals surface area contributed by atoms with Crippen molar-refractivity contribution < 1.29 is 4.21 Å². The van der Waals surface area contributed by atoms with E-state index in [1.54, 1.807) is 0 Å². The van der Waals surface area contributed by atoms with Crippen molar-refractivity contribution in [1.29, 1.82) is 0 Å². The number of hydrogen-bond donors (Lipinski definition) is 0. The van der Waals surface area contributed by atoms with Crippen molar-refractivity contribution in [2.45, 2.75) is 15.0 Å². The Labute approximate surface area is 83.1 Å². The molecule has 0 unspecified atom stereocenters. The fourth-order valence-corrected chi connectivity index (χ4v) is 3.47. The molecule has 1 aliphatic heterocycles. The Morgan fingerprint density at radius 3 is 2.58 bits per heavy atom. The summed E-state index contributed by atoms with van der Waals surface area (Å²) in [6.45, 7) is 0. The summed E-state index contributed by atoms with van der Waals surface area (Å²) in [5, 5.41) is -0.316. The van der Waals surface area contributed by atoms with Gasteiger partial charge in [-0.25, -0.2) is 0 Å². The zero-order chi connectivity index (χ0) is 8.72. The van der Waals surface area contributed by atoms with Crippen LogP contribution in [0.5, 0.6) is 0 Å². The van der Waals surface area contributed by atoms with Gasteiger partial charge in [0.25, 0.3) is 0 Å². The predicted molar refractivity (Wildman–Crippen MR) is 51.1 cm³/mol. The molecule has 0 N–H and O–H groups in total. The fourth-order valence-electron chi connectivity index (χ4n) is 1.26. The predicted octanol–water partition coefficient (Wildman–Crippen LogP) is 2.65. The van der Waals surface area contributed by atoms with Crippen LogP contribution in [-0.2, 0) is 10.8 Å². The lowest BCUT2D eigenvalue weighted by atomic mass is 10.2. The van der Waals surface area contributed by atoms with Gasteiger partial charge in [0.05, 0.1) is 16.2 Å². The molecule has 64 valence electrons. The summed E-state index contributed by atoms with van der Waals surface area (Å²) in [4.78, 5) is 0.775. The van der Waals surface area contributed by atoms with Crippen LogP contribution in [0.2, 0.25) is 0 Å². The molecule has 12 heavy (non-hydrogen) atoms. The summed E-state index contributed by atoms with van der Waals surface area (Å²) in [7, 11) is -1.14. The van der Waals surface area contributed by atoms with E-state index in [0.29, 0.717) is 0 Å². The van der Waals surface area contributed by atoms with Gasteiger partial charge in [-0.1, -0.05) is 18.2 Å². The number of fused-ring (bicyclic) bond motifs is 1. The van der Waals surface area contributed by atoms with Crippen LogP contribution in [0.4, 0.5) is 0 Å². The highest BCUT2D eigenvalue weighted by atomic mass is 35.5. The molecule has 0 aromatic heterocycles. The van der Waals surface area contributed by atoms with Gasteiger partial charge < -0.3 is 0 Å². The van der Waals surface area contributed by atoms with Crippen LogP contribution < -0.4 is 0 Å². The van der Waals surface area contributed by atoms with Crippen molar-refractivity contribution in [2.75, 3.05) is 0 Å². The van der Waals surface area contributed by atoms with Crippen LogP contribution in [0.15, 0.2) is 29.2 Å². The Morgan fingerprint density at radius 1 is 1.25 bits per heavy atom. The Kier molecular flexibility index (Phi) is 2.15. The standard InChI is InChI=1S/C8H6Cl2OS/c9-7-5-3-1-2-4-6(5)12(11)8(7)10/h1-4,7-8H/t7-,8-,12+/m1/s1. The first-order chi connectivity index (χ1) is 5.72. The largest absolute Gasteiger partial charge is 0.253 e. The Morgan fingerprint density at radius 2 is 1.92 bits per heavy atom. The molecule has 0 amide bonds. The van der Waals surface area contributed by atoms with E-state index >= 15 is 0 Å². The van der Waals surface area contributed by atoms with Gasteiger partial charge >= 0.3 is 0 Å². The highest BCUT2D eigenvalue weighted by Gasteiger charge is 2.35. The van der Waals surface area contributed by atoms with E-state index in [-0.39, 0.29) is 5.38 Å². The van der Waals surface area contributed by atoms with E-state index in [0.717, 1.165) is 10.5 Å². The molecule has 0 saturated carbocycles. The van der Waals surface area contributed by atoms with Crippen molar-refractivity contribution >= 4 is 34.0 Å². The summed E-state index contributed by atoms with van der Waals surface area (Å²) in [5.41, 5.74) is 0.900. The third-order valence-corrected chi connectivity index (χ3v) is 4.86. The maximum atomic E-state index is 11.5. The summed E-state index contributed by atoms with van der Waals surface area (Å²) in [5.74, 6) is 0. The highest BCUT2D eigenvalue weighted by Crippen LogP contribution is 2.42. The van der Waals surface area contributed by atoms with Crippen molar-refractivity contribution in [3.05, 3.63) is 29.8 Å². The van der Waals surface area contributed by atoms with Gasteiger partial charge in [-0.15, -0.1) is 23.2 Å². The average Bonchev–Trinajstić information content (AvgIpc) is 2.33. The van der Waals surface area contributed by atoms with Crippen LogP contribution in [0.1, 0.15) is 10.9 Å². The van der Waals surface area contributed by atoms with Crippen LogP contribution in [-0.4, -0.2) is 8.92 Å². The molecule has 0 aliphatic carbocycles. The van der Waals surface area contributed by atoms with E-state index in [2.05, 4.69) is 0 Å². The van der Waals surface area contributed by atoms with Crippen molar-refractivity contribution in [3.63, 3.8) is 0 Å². The van der Waals surface area contributed by atoms with E-state index in [1.807, 2.05) is 24.3 Å². The van der Waals surface area contributed by atoms with Crippen LogP contribution in [0.25, 0.3) is 0 Å². The second-order valence-electron chi connectivity index (χ2n) is 2.59. The zero-order valence-electron chi connectivity index (χ0n) is 6.04. The van der Waals surface area contributed by atoms with Crippen molar-refractivity contribution in [3.8, 4) is 0 Å². The Bertz CT molecular complexity index is 340. The molecule has 0 saturated heterocycles. The molecule has 3 atom stereocenters. The van der Waals surface area contributed by atoms with Crippen LogP contribution in [0, 0.1) is 0 Å². The molecule has 0 fully saturated rings. The molecule has 0 bridgehead atoms. The molecule has 0 spiro atoms. The first-order valence-electron chi connectivity index (χ1n) is 3.49. The second kappa shape index (κ2) is 3.02. The summed E-state index contributed by atoms with van der Waals surface area (Å²) >= 11 is 11.8. The number of rotatable bonds is 0. The van der Waals surface area contributed by atoms with Crippen LogP contribution >= 0.6 is 23.2 Å². The molecule has 1 heterocycles. The lowest BCUT2D eigenvalue weighted by molar-refractivity contribution is 0.683. The minimum atomic E-state index is -1.14. The van der Waals surface area contributed by atoms with E-state index in [4.69, 9.17) is 23.2 Å². The van der Waals surface area contributed by atoms with Gasteiger partial charge in [-0.2, -0.15) is 0 Å². The Balaban J connectivity index is 2.59. The number of hydrogen-bond acceptors (Lipinski definition) is 1. The van der Waals surface area contributed by atoms with E-state index < -0.39 is 15.5 Å². The maximum Gasteiger partial charge on any atom is 0.134 e. The molecular formula is C8H6Cl2OS. The average molecular weight is 221 g/mol. The Hall–Kier alpha value is -0.0500. The van der Waals surface area contributed by atoms with E-state index in [1.165, 1.54) is 0 Å². The minimum Gasteiger partial charge on any atom is -0.253 e. The van der Waals surface area contributed by atoms with Gasteiger partial charge in [0, 0.05) is 4.90 Å². The topological polar surface area (TPSA) is 17.1 Å². The molecule has 0 radical (unpaired) electrons. The van der Waals surface area contributed by atoms with Crippen LogP contribution in [0.3, 0.4) is 0 Å². The molecule has 4 heteroatoms. The monoisotopic (exact) mass is 220 g/mol. The third-order valence-electron chi connectivity index (χ3n) is 1.87. The molecular weight excluding hydrogens is 215 g/mol. The molecule has 1 aliphatic rings. The SMILES string of the molecule is O=[S@]1c2ccccc2[C@@H](Cl)[C@@H]1Cl. The molecule has 2 rings (SSSR count). The number of halogens is 2. The van der Waals surface area contributed by atoms with Gasteiger partial charge in [-0.05, 0) is 11.6 Å².